The van der Waals surface area contributed by atoms with Gasteiger partial charge in [0.1, 0.15) is 17.7 Å². The lowest BCUT2D eigenvalue weighted by Crippen LogP contribution is -2.54. The number of nitrogens with one attached hydrogen (secondary N) is 2. The molecule has 1 aromatic rings. The average Bonchev–Trinajstić information content (AvgIpc) is 2.73. The summed E-state index contributed by atoms with van der Waals surface area (Å²) in [7, 11) is 0. The first-order valence-corrected chi connectivity index (χ1v) is 11.8. The number of aryl methyl sites for hydroxylation is 1. The molecule has 9 heteroatoms. The van der Waals surface area contributed by atoms with Gasteiger partial charge in [0, 0.05) is 13.1 Å². The summed E-state index contributed by atoms with van der Waals surface area (Å²) < 4.78 is 5.24. The van der Waals surface area contributed by atoms with E-state index in [0.717, 1.165) is 24.8 Å². The number of likely N-dealkylation sites (N-methyl/N-ethyl adjacent to an activating group) is 1. The predicted molar refractivity (Wildman–Crippen MR) is 131 cm³/mol. The highest BCUT2D eigenvalue weighted by molar-refractivity contribution is 5.94. The fourth-order valence-corrected chi connectivity index (χ4v) is 3.42. The quantitative estimate of drug-likeness (QED) is 0.399. The lowest BCUT2D eigenvalue weighted by Gasteiger charge is -2.33. The van der Waals surface area contributed by atoms with Crippen molar-refractivity contribution in [2.75, 3.05) is 13.1 Å². The van der Waals surface area contributed by atoms with Gasteiger partial charge < -0.3 is 26.0 Å². The molecule has 0 radical (unpaired) electrons. The van der Waals surface area contributed by atoms with Gasteiger partial charge in [-0.15, -0.1) is 0 Å². The molecule has 0 spiro atoms. The SMILES string of the molecule is CCCCCNC(=O)C(c1ccc(C)cc1)N(CC)C(=O)C(CC(N)=O)NC(=O)OC(C)(C)C. The fourth-order valence-electron chi connectivity index (χ4n) is 3.42. The van der Waals surface area contributed by atoms with Gasteiger partial charge in [0.2, 0.25) is 17.7 Å². The van der Waals surface area contributed by atoms with Gasteiger partial charge in [-0.1, -0.05) is 49.6 Å². The number of carbonyl (C=O) groups excluding carboxylic acids is 4. The van der Waals surface area contributed by atoms with Crippen LogP contribution < -0.4 is 16.4 Å². The summed E-state index contributed by atoms with van der Waals surface area (Å²) in [6, 6.07) is 5.12. The molecule has 2 atom stereocenters. The van der Waals surface area contributed by atoms with E-state index in [9.17, 15) is 19.2 Å². The van der Waals surface area contributed by atoms with Crippen molar-refractivity contribution < 1.29 is 23.9 Å². The maximum atomic E-state index is 13.5. The van der Waals surface area contributed by atoms with E-state index in [1.807, 2.05) is 19.1 Å². The topological polar surface area (TPSA) is 131 Å². The van der Waals surface area contributed by atoms with Crippen LogP contribution in [-0.4, -0.2) is 53.4 Å². The maximum Gasteiger partial charge on any atom is 0.408 e. The van der Waals surface area contributed by atoms with Crippen molar-refractivity contribution in [1.82, 2.24) is 15.5 Å². The van der Waals surface area contributed by atoms with Crippen LogP contribution in [0.4, 0.5) is 4.79 Å². The molecule has 0 aliphatic heterocycles. The molecule has 1 rings (SSSR count). The molecule has 0 aliphatic rings. The number of rotatable bonds is 12. The molecule has 0 saturated carbocycles. The Morgan fingerprint density at radius 2 is 1.68 bits per heavy atom. The third-order valence-electron chi connectivity index (χ3n) is 5.05. The summed E-state index contributed by atoms with van der Waals surface area (Å²) >= 11 is 0. The second-order valence-electron chi connectivity index (χ2n) is 9.30. The molecule has 0 saturated heterocycles. The number of hydrogen-bond acceptors (Lipinski definition) is 5. The van der Waals surface area contributed by atoms with Gasteiger partial charge >= 0.3 is 6.09 Å². The van der Waals surface area contributed by atoms with Crippen LogP contribution in [0.5, 0.6) is 0 Å². The molecule has 1 aromatic carbocycles. The van der Waals surface area contributed by atoms with Gasteiger partial charge in [0.15, 0.2) is 0 Å². The number of primary amides is 1. The van der Waals surface area contributed by atoms with Crippen molar-refractivity contribution in [1.29, 1.82) is 0 Å². The lowest BCUT2D eigenvalue weighted by atomic mass is 10.0. The van der Waals surface area contributed by atoms with Crippen LogP contribution in [0.15, 0.2) is 24.3 Å². The Morgan fingerprint density at radius 3 is 2.18 bits per heavy atom. The Kier molecular flexibility index (Phi) is 11.5. The second kappa shape index (κ2) is 13.6. The zero-order valence-electron chi connectivity index (χ0n) is 21.3. The molecule has 2 unspecified atom stereocenters. The molecule has 0 aromatic heterocycles. The molecule has 0 fully saturated rings. The molecular weight excluding hydrogens is 436 g/mol. The first-order chi connectivity index (χ1) is 15.9. The molecular formula is C25H40N4O5. The zero-order valence-corrected chi connectivity index (χ0v) is 21.3. The van der Waals surface area contributed by atoms with E-state index in [2.05, 4.69) is 17.6 Å². The average molecular weight is 477 g/mol. The van der Waals surface area contributed by atoms with Crippen LogP contribution in [0.25, 0.3) is 0 Å². The van der Waals surface area contributed by atoms with Crippen molar-refractivity contribution in [2.24, 2.45) is 5.73 Å². The van der Waals surface area contributed by atoms with Gasteiger partial charge in [-0.25, -0.2) is 4.79 Å². The van der Waals surface area contributed by atoms with E-state index in [-0.39, 0.29) is 12.5 Å². The number of alkyl carbamates (subject to hydrolysis) is 1. The number of ether oxygens (including phenoxy) is 1. The third kappa shape index (κ3) is 9.80. The smallest absolute Gasteiger partial charge is 0.408 e. The number of amides is 4. The number of hydrogen-bond donors (Lipinski definition) is 3. The van der Waals surface area contributed by atoms with Crippen LogP contribution in [0, 0.1) is 6.92 Å². The molecule has 9 nitrogen and oxygen atoms in total. The summed E-state index contributed by atoms with van der Waals surface area (Å²) in [6.45, 7) is 11.5. The highest BCUT2D eigenvalue weighted by Crippen LogP contribution is 2.23. The minimum absolute atomic E-state index is 0.172. The molecule has 0 aliphatic carbocycles. The Hall–Kier alpha value is -3.10. The van der Waals surface area contributed by atoms with Crippen LogP contribution in [0.2, 0.25) is 0 Å². The highest BCUT2D eigenvalue weighted by atomic mass is 16.6. The Morgan fingerprint density at radius 1 is 1.06 bits per heavy atom. The summed E-state index contributed by atoms with van der Waals surface area (Å²) in [4.78, 5) is 52.2. The van der Waals surface area contributed by atoms with Crippen molar-refractivity contribution in [2.45, 2.75) is 84.9 Å². The lowest BCUT2D eigenvalue weighted by molar-refractivity contribution is -0.143. The monoisotopic (exact) mass is 476 g/mol. The van der Waals surface area contributed by atoms with E-state index in [1.165, 1.54) is 4.90 Å². The van der Waals surface area contributed by atoms with Crippen molar-refractivity contribution >= 4 is 23.8 Å². The summed E-state index contributed by atoms with van der Waals surface area (Å²) in [5.74, 6) is -1.69. The van der Waals surface area contributed by atoms with Crippen LogP contribution in [0.3, 0.4) is 0 Å². The first-order valence-electron chi connectivity index (χ1n) is 11.8. The first kappa shape index (κ1) is 28.9. The van der Waals surface area contributed by atoms with Crippen LogP contribution in [-0.2, 0) is 19.1 Å². The van der Waals surface area contributed by atoms with Gasteiger partial charge in [0.05, 0.1) is 6.42 Å². The summed E-state index contributed by atoms with van der Waals surface area (Å²) in [5, 5.41) is 5.36. The molecule has 4 amide bonds. The normalized spacial score (nSPS) is 12.9. The van der Waals surface area contributed by atoms with Crippen molar-refractivity contribution in [3.05, 3.63) is 35.4 Å². The second-order valence-corrected chi connectivity index (χ2v) is 9.30. The molecule has 34 heavy (non-hydrogen) atoms. The predicted octanol–water partition coefficient (Wildman–Crippen LogP) is 2.96. The summed E-state index contributed by atoms with van der Waals surface area (Å²) in [6.07, 6.45) is 1.55. The number of nitrogens with zero attached hydrogens (tertiary/aromatic N) is 1. The number of unbranched alkanes of at least 4 members (excludes halogenated alkanes) is 2. The Bertz CT molecular complexity index is 833. The third-order valence-corrected chi connectivity index (χ3v) is 5.05. The minimum atomic E-state index is -1.27. The zero-order chi connectivity index (χ0) is 25.9. The molecule has 0 bridgehead atoms. The molecule has 0 heterocycles. The fraction of sp³-hybridized carbons (Fsp3) is 0.600. The van der Waals surface area contributed by atoms with Crippen molar-refractivity contribution in [3.8, 4) is 0 Å². The molecule has 190 valence electrons. The number of carbonyl (C=O) groups is 4. The highest BCUT2D eigenvalue weighted by Gasteiger charge is 2.36. The van der Waals surface area contributed by atoms with E-state index in [4.69, 9.17) is 10.5 Å². The van der Waals surface area contributed by atoms with Gasteiger partial charge in [0.25, 0.3) is 0 Å². The van der Waals surface area contributed by atoms with Crippen LogP contribution in [0.1, 0.15) is 77.5 Å². The largest absolute Gasteiger partial charge is 0.444 e. The van der Waals surface area contributed by atoms with Crippen molar-refractivity contribution in [3.63, 3.8) is 0 Å². The summed E-state index contributed by atoms with van der Waals surface area (Å²) in [5.41, 5.74) is 6.20. The van der Waals surface area contributed by atoms with Crippen LogP contribution >= 0.6 is 0 Å². The van der Waals surface area contributed by atoms with Gasteiger partial charge in [-0.3, -0.25) is 14.4 Å². The maximum absolute atomic E-state index is 13.5. The van der Waals surface area contributed by atoms with E-state index in [0.29, 0.717) is 12.1 Å². The Balaban J connectivity index is 3.26. The number of nitrogens with two attached hydrogens (primary N) is 1. The molecule has 4 N–H and O–H groups in total. The standard InChI is InChI=1S/C25H40N4O5/c1-7-9-10-15-27-22(31)21(18-13-11-17(3)12-14-18)29(8-2)23(32)19(16-20(26)30)28-24(33)34-25(4,5)6/h11-14,19,21H,7-10,15-16H2,1-6H3,(H2,26,30)(H,27,31)(H,28,33). The van der Waals surface area contributed by atoms with E-state index >= 15 is 0 Å². The van der Waals surface area contributed by atoms with E-state index < -0.39 is 42.0 Å². The Labute approximate surface area is 202 Å². The van der Waals surface area contributed by atoms with Gasteiger partial charge in [-0.05, 0) is 46.6 Å². The number of benzene rings is 1. The van der Waals surface area contributed by atoms with Gasteiger partial charge in [-0.2, -0.15) is 0 Å². The minimum Gasteiger partial charge on any atom is -0.444 e. The van der Waals surface area contributed by atoms with E-state index in [1.54, 1.807) is 39.8 Å².